The van der Waals surface area contributed by atoms with E-state index in [2.05, 4.69) is 21.7 Å². The van der Waals surface area contributed by atoms with Gasteiger partial charge in [0.1, 0.15) is 0 Å². The summed E-state index contributed by atoms with van der Waals surface area (Å²) in [6.45, 7) is 0.346. The van der Waals surface area contributed by atoms with Crippen LogP contribution in [0.15, 0.2) is 79.1 Å². The maximum absolute atomic E-state index is 12.4. The van der Waals surface area contributed by atoms with Gasteiger partial charge < -0.3 is 10.6 Å². The van der Waals surface area contributed by atoms with Gasteiger partial charge in [-0.25, -0.2) is 4.79 Å². The maximum atomic E-state index is 12.4. The van der Waals surface area contributed by atoms with Crippen molar-refractivity contribution in [1.29, 1.82) is 5.26 Å². The molecule has 0 aliphatic rings. The van der Waals surface area contributed by atoms with Crippen molar-refractivity contribution in [3.63, 3.8) is 0 Å². The fourth-order valence-corrected chi connectivity index (χ4v) is 2.68. The van der Waals surface area contributed by atoms with Crippen LogP contribution in [0.25, 0.3) is 0 Å². The van der Waals surface area contributed by atoms with Crippen LogP contribution in [0.4, 0.5) is 4.79 Å². The third-order valence-corrected chi connectivity index (χ3v) is 3.96. The molecule has 0 saturated heterocycles. The predicted molar refractivity (Wildman–Crippen MR) is 99.1 cm³/mol. The number of aromatic nitrogens is 1. The van der Waals surface area contributed by atoms with Gasteiger partial charge >= 0.3 is 6.03 Å². The van der Waals surface area contributed by atoms with E-state index in [1.54, 1.807) is 30.6 Å². The number of carbonyl (C=O) groups excluding carboxylic acids is 1. The lowest BCUT2D eigenvalue weighted by molar-refractivity contribution is 0.238. The Labute approximate surface area is 152 Å². The molecule has 3 aromatic rings. The first-order valence-electron chi connectivity index (χ1n) is 8.24. The number of benzene rings is 2. The van der Waals surface area contributed by atoms with E-state index in [0.29, 0.717) is 12.1 Å². The number of rotatable bonds is 5. The van der Waals surface area contributed by atoms with Gasteiger partial charge in [0.2, 0.25) is 0 Å². The largest absolute Gasteiger partial charge is 0.334 e. The van der Waals surface area contributed by atoms with Crippen LogP contribution in [-0.4, -0.2) is 11.0 Å². The Bertz CT molecular complexity index is 865. The van der Waals surface area contributed by atoms with Crippen molar-refractivity contribution in [2.75, 3.05) is 0 Å². The van der Waals surface area contributed by atoms with Crippen LogP contribution in [0, 0.1) is 11.3 Å². The Hall–Kier alpha value is -3.65. The lowest BCUT2D eigenvalue weighted by Gasteiger charge is -2.20. The Morgan fingerprint density at radius 3 is 2.46 bits per heavy atom. The molecule has 1 aromatic heterocycles. The average Bonchev–Trinajstić information content (AvgIpc) is 2.72. The van der Waals surface area contributed by atoms with Crippen LogP contribution >= 0.6 is 0 Å². The molecule has 128 valence electrons. The van der Waals surface area contributed by atoms with Crippen molar-refractivity contribution >= 4 is 6.03 Å². The van der Waals surface area contributed by atoms with Gasteiger partial charge in [-0.1, -0.05) is 42.5 Å². The molecule has 0 bridgehead atoms. The number of hydrogen-bond donors (Lipinski definition) is 2. The zero-order valence-corrected chi connectivity index (χ0v) is 14.1. The topological polar surface area (TPSA) is 77.8 Å². The number of amides is 2. The quantitative estimate of drug-likeness (QED) is 0.744. The second kappa shape index (κ2) is 8.45. The third kappa shape index (κ3) is 4.46. The summed E-state index contributed by atoms with van der Waals surface area (Å²) in [6, 6.07) is 22.3. The molecule has 1 atom stereocenters. The smallest absolute Gasteiger partial charge is 0.315 e. The standard InChI is InChI=1S/C21H18N4O/c22-14-16-5-4-6-17(13-16)15-24-21(26)25-20(18-7-2-1-3-8-18)19-9-11-23-12-10-19/h1-13,20H,15H2,(H2,24,25,26)/t20-/m1/s1. The summed E-state index contributed by atoms with van der Waals surface area (Å²) in [5, 5.41) is 14.8. The van der Waals surface area contributed by atoms with Crippen LogP contribution in [0.1, 0.15) is 28.3 Å². The molecule has 0 saturated carbocycles. The van der Waals surface area contributed by atoms with Gasteiger partial charge in [-0.15, -0.1) is 0 Å². The number of urea groups is 1. The molecular formula is C21H18N4O. The summed E-state index contributed by atoms with van der Waals surface area (Å²) < 4.78 is 0. The second-order valence-electron chi connectivity index (χ2n) is 5.76. The monoisotopic (exact) mass is 342 g/mol. The molecule has 5 heteroatoms. The molecule has 26 heavy (non-hydrogen) atoms. The summed E-state index contributed by atoms with van der Waals surface area (Å²) in [4.78, 5) is 16.5. The van der Waals surface area contributed by atoms with E-state index >= 15 is 0 Å². The Balaban J connectivity index is 1.70. The zero-order chi connectivity index (χ0) is 18.2. The molecule has 0 radical (unpaired) electrons. The van der Waals surface area contributed by atoms with Crippen LogP contribution in [0.3, 0.4) is 0 Å². The fraction of sp³-hybridized carbons (Fsp3) is 0.0952. The van der Waals surface area contributed by atoms with E-state index in [9.17, 15) is 4.79 Å². The molecule has 2 amide bonds. The van der Waals surface area contributed by atoms with Crippen LogP contribution < -0.4 is 10.6 Å². The first-order valence-corrected chi connectivity index (χ1v) is 8.24. The Morgan fingerprint density at radius 2 is 1.73 bits per heavy atom. The van der Waals surface area contributed by atoms with Crippen LogP contribution in [-0.2, 0) is 6.54 Å². The molecule has 5 nitrogen and oxygen atoms in total. The van der Waals surface area contributed by atoms with Gasteiger partial charge in [0.15, 0.2) is 0 Å². The third-order valence-electron chi connectivity index (χ3n) is 3.96. The van der Waals surface area contributed by atoms with E-state index in [4.69, 9.17) is 5.26 Å². The molecule has 0 aliphatic heterocycles. The summed E-state index contributed by atoms with van der Waals surface area (Å²) in [5.41, 5.74) is 3.39. The van der Waals surface area contributed by atoms with Crippen molar-refractivity contribution < 1.29 is 4.79 Å². The lowest BCUT2D eigenvalue weighted by atomic mass is 10.00. The summed E-state index contributed by atoms with van der Waals surface area (Å²) >= 11 is 0. The first-order chi connectivity index (χ1) is 12.8. The Kier molecular flexibility index (Phi) is 5.58. The highest BCUT2D eigenvalue weighted by Crippen LogP contribution is 2.21. The highest BCUT2D eigenvalue weighted by Gasteiger charge is 2.16. The molecular weight excluding hydrogens is 324 g/mol. The SMILES string of the molecule is N#Cc1cccc(CNC(=O)N[C@H](c2ccccc2)c2ccncc2)c1. The predicted octanol–water partition coefficient (Wildman–Crippen LogP) is 3.54. The lowest BCUT2D eigenvalue weighted by Crippen LogP contribution is -2.38. The first kappa shape index (κ1) is 17.2. The van der Waals surface area contributed by atoms with Crippen molar-refractivity contribution in [3.8, 4) is 6.07 Å². The molecule has 0 unspecified atom stereocenters. The number of pyridine rings is 1. The van der Waals surface area contributed by atoms with Crippen molar-refractivity contribution in [3.05, 3.63) is 101 Å². The van der Waals surface area contributed by atoms with Crippen LogP contribution in [0.5, 0.6) is 0 Å². The van der Waals surface area contributed by atoms with Gasteiger partial charge in [0, 0.05) is 18.9 Å². The van der Waals surface area contributed by atoms with Crippen molar-refractivity contribution in [2.45, 2.75) is 12.6 Å². The zero-order valence-electron chi connectivity index (χ0n) is 14.1. The molecule has 2 aromatic carbocycles. The fourth-order valence-electron chi connectivity index (χ4n) is 2.68. The van der Waals surface area contributed by atoms with E-state index in [1.165, 1.54) is 0 Å². The number of nitrogens with one attached hydrogen (secondary N) is 2. The van der Waals surface area contributed by atoms with Gasteiger partial charge in [0.05, 0.1) is 17.7 Å². The minimum absolute atomic E-state index is 0.273. The van der Waals surface area contributed by atoms with E-state index in [1.807, 2.05) is 48.5 Å². The van der Waals surface area contributed by atoms with Crippen molar-refractivity contribution in [2.24, 2.45) is 0 Å². The van der Waals surface area contributed by atoms with E-state index in [0.717, 1.165) is 16.7 Å². The molecule has 0 spiro atoms. The molecule has 0 fully saturated rings. The minimum Gasteiger partial charge on any atom is -0.334 e. The molecule has 2 N–H and O–H groups in total. The van der Waals surface area contributed by atoms with E-state index < -0.39 is 0 Å². The highest BCUT2D eigenvalue weighted by atomic mass is 16.2. The summed E-state index contributed by atoms with van der Waals surface area (Å²) in [7, 11) is 0. The minimum atomic E-state index is -0.280. The number of hydrogen-bond acceptors (Lipinski definition) is 3. The van der Waals surface area contributed by atoms with Gasteiger partial charge in [-0.2, -0.15) is 5.26 Å². The van der Waals surface area contributed by atoms with E-state index in [-0.39, 0.29) is 12.1 Å². The average molecular weight is 342 g/mol. The highest BCUT2D eigenvalue weighted by molar-refractivity contribution is 5.75. The van der Waals surface area contributed by atoms with Gasteiger partial charge in [-0.3, -0.25) is 4.98 Å². The van der Waals surface area contributed by atoms with Gasteiger partial charge in [0.25, 0.3) is 0 Å². The normalized spacial score (nSPS) is 11.2. The second-order valence-corrected chi connectivity index (χ2v) is 5.76. The summed E-state index contributed by atoms with van der Waals surface area (Å²) in [6.07, 6.45) is 3.41. The molecule has 3 rings (SSSR count). The maximum Gasteiger partial charge on any atom is 0.315 e. The number of carbonyl (C=O) groups is 1. The Morgan fingerprint density at radius 1 is 1.00 bits per heavy atom. The van der Waals surface area contributed by atoms with Crippen LogP contribution in [0.2, 0.25) is 0 Å². The number of nitriles is 1. The summed E-state index contributed by atoms with van der Waals surface area (Å²) in [5.74, 6) is 0. The van der Waals surface area contributed by atoms with Crippen molar-refractivity contribution in [1.82, 2.24) is 15.6 Å². The molecule has 1 heterocycles. The molecule has 0 aliphatic carbocycles. The number of nitrogens with zero attached hydrogens (tertiary/aromatic N) is 2. The van der Waals surface area contributed by atoms with Gasteiger partial charge in [-0.05, 0) is 41.0 Å².